The number of amides is 1. The van der Waals surface area contributed by atoms with E-state index in [1.54, 1.807) is 11.3 Å². The number of carbonyl (C=O) groups is 1. The van der Waals surface area contributed by atoms with Gasteiger partial charge in [-0.1, -0.05) is 0 Å². The summed E-state index contributed by atoms with van der Waals surface area (Å²) in [6, 6.07) is 0. The highest BCUT2D eigenvalue weighted by molar-refractivity contribution is 7.13. The number of morpholine rings is 1. The van der Waals surface area contributed by atoms with E-state index in [2.05, 4.69) is 20.1 Å². The van der Waals surface area contributed by atoms with E-state index in [1.807, 2.05) is 6.92 Å². The molecule has 1 N–H and O–H groups in total. The van der Waals surface area contributed by atoms with E-state index in [0.717, 1.165) is 68.1 Å². The summed E-state index contributed by atoms with van der Waals surface area (Å²) in [6.45, 7) is 10.2. The molecule has 0 radical (unpaired) electrons. The van der Waals surface area contributed by atoms with Gasteiger partial charge in [0.2, 0.25) is 0 Å². The van der Waals surface area contributed by atoms with E-state index in [-0.39, 0.29) is 5.91 Å². The Balaban J connectivity index is 1.47. The van der Waals surface area contributed by atoms with Crippen LogP contribution in [-0.4, -0.2) is 73.2 Å². The van der Waals surface area contributed by atoms with Crippen LogP contribution in [0.3, 0.4) is 0 Å². The molecule has 6 nitrogen and oxygen atoms in total. The van der Waals surface area contributed by atoms with Gasteiger partial charge in [-0.3, -0.25) is 14.6 Å². The van der Waals surface area contributed by atoms with Gasteiger partial charge in [-0.05, 0) is 32.9 Å². The number of thiazole rings is 1. The highest BCUT2D eigenvalue weighted by atomic mass is 32.1. The number of likely N-dealkylation sites (tertiary alicyclic amines) is 1. The first-order valence-electron chi connectivity index (χ1n) is 8.49. The molecule has 1 aromatic heterocycles. The lowest BCUT2D eigenvalue weighted by molar-refractivity contribution is 0.0383. The molecule has 23 heavy (non-hydrogen) atoms. The fraction of sp³-hybridized carbons (Fsp3) is 0.750. The second-order valence-electron chi connectivity index (χ2n) is 6.22. The van der Waals surface area contributed by atoms with E-state index < -0.39 is 0 Å². The van der Waals surface area contributed by atoms with Crippen molar-refractivity contribution in [2.75, 3.05) is 52.5 Å². The first kappa shape index (κ1) is 16.8. The number of aryl methyl sites for hydroxylation is 1. The van der Waals surface area contributed by atoms with Gasteiger partial charge in [0, 0.05) is 26.2 Å². The van der Waals surface area contributed by atoms with Gasteiger partial charge < -0.3 is 10.1 Å². The summed E-state index contributed by atoms with van der Waals surface area (Å²) in [7, 11) is 0. The third-order valence-electron chi connectivity index (χ3n) is 4.42. The lowest BCUT2D eigenvalue weighted by atomic mass is 10.3. The Hall–Kier alpha value is -1.02. The van der Waals surface area contributed by atoms with Crippen molar-refractivity contribution in [3.63, 3.8) is 0 Å². The maximum absolute atomic E-state index is 12.4. The molecule has 3 rings (SSSR count). The lowest BCUT2D eigenvalue weighted by Crippen LogP contribution is -2.41. The topological polar surface area (TPSA) is 57.7 Å². The Morgan fingerprint density at radius 1 is 1.22 bits per heavy atom. The van der Waals surface area contributed by atoms with Crippen LogP contribution in [0.25, 0.3) is 0 Å². The van der Waals surface area contributed by atoms with Crippen molar-refractivity contribution in [1.29, 1.82) is 0 Å². The Morgan fingerprint density at radius 2 is 1.96 bits per heavy atom. The van der Waals surface area contributed by atoms with Crippen LogP contribution in [0.4, 0.5) is 0 Å². The van der Waals surface area contributed by atoms with Gasteiger partial charge >= 0.3 is 0 Å². The average molecular weight is 338 g/mol. The molecule has 128 valence electrons. The highest BCUT2D eigenvalue weighted by Gasteiger charge is 2.19. The van der Waals surface area contributed by atoms with Crippen molar-refractivity contribution >= 4 is 17.2 Å². The fourth-order valence-corrected chi connectivity index (χ4v) is 4.12. The standard InChI is InChI=1S/C16H26N4O2S/c1-13-15(23-14(18-13)12-20-5-2-3-6-20)16(21)17-4-7-19-8-10-22-11-9-19/h2-12H2,1H3,(H,17,21). The molecule has 1 aromatic rings. The third-order valence-corrected chi connectivity index (χ3v) is 5.56. The van der Waals surface area contributed by atoms with Crippen LogP contribution in [0.1, 0.15) is 33.2 Å². The molecule has 2 aliphatic heterocycles. The van der Waals surface area contributed by atoms with Crippen LogP contribution in [0.5, 0.6) is 0 Å². The number of nitrogens with one attached hydrogen (secondary N) is 1. The number of aromatic nitrogens is 1. The highest BCUT2D eigenvalue weighted by Crippen LogP contribution is 2.21. The number of rotatable bonds is 6. The van der Waals surface area contributed by atoms with Gasteiger partial charge in [0.1, 0.15) is 9.88 Å². The van der Waals surface area contributed by atoms with E-state index in [0.29, 0.717) is 6.54 Å². The largest absolute Gasteiger partial charge is 0.379 e. The maximum atomic E-state index is 12.4. The van der Waals surface area contributed by atoms with Crippen LogP contribution >= 0.6 is 11.3 Å². The molecule has 0 unspecified atom stereocenters. The molecule has 7 heteroatoms. The summed E-state index contributed by atoms with van der Waals surface area (Å²) >= 11 is 1.54. The van der Waals surface area contributed by atoms with Crippen molar-refractivity contribution in [3.8, 4) is 0 Å². The van der Waals surface area contributed by atoms with Gasteiger partial charge in [0.05, 0.1) is 25.5 Å². The molecule has 2 aliphatic rings. The van der Waals surface area contributed by atoms with Crippen LogP contribution in [0.2, 0.25) is 0 Å². The summed E-state index contributed by atoms with van der Waals surface area (Å²) in [5, 5.41) is 4.09. The number of ether oxygens (including phenoxy) is 1. The molecular formula is C16H26N4O2S. The molecule has 0 aliphatic carbocycles. The van der Waals surface area contributed by atoms with E-state index in [4.69, 9.17) is 4.74 Å². The van der Waals surface area contributed by atoms with Crippen LogP contribution < -0.4 is 5.32 Å². The van der Waals surface area contributed by atoms with Crippen molar-refractivity contribution < 1.29 is 9.53 Å². The van der Waals surface area contributed by atoms with Gasteiger partial charge in [0.15, 0.2) is 0 Å². The van der Waals surface area contributed by atoms with E-state index >= 15 is 0 Å². The zero-order valence-corrected chi connectivity index (χ0v) is 14.7. The zero-order valence-electron chi connectivity index (χ0n) is 13.8. The minimum absolute atomic E-state index is 0.0148. The van der Waals surface area contributed by atoms with Gasteiger partial charge in [-0.2, -0.15) is 0 Å². The smallest absolute Gasteiger partial charge is 0.263 e. The molecular weight excluding hydrogens is 312 g/mol. The molecule has 0 aromatic carbocycles. The molecule has 0 atom stereocenters. The third kappa shape index (κ3) is 4.73. The van der Waals surface area contributed by atoms with Gasteiger partial charge in [-0.25, -0.2) is 4.98 Å². The minimum Gasteiger partial charge on any atom is -0.379 e. The number of hydrogen-bond donors (Lipinski definition) is 1. The second kappa shape index (κ2) is 8.19. The Morgan fingerprint density at radius 3 is 2.70 bits per heavy atom. The molecule has 1 amide bonds. The maximum Gasteiger partial charge on any atom is 0.263 e. The van der Waals surface area contributed by atoms with Crippen molar-refractivity contribution in [2.24, 2.45) is 0 Å². The SMILES string of the molecule is Cc1nc(CN2CCCC2)sc1C(=O)NCCN1CCOCC1. The van der Waals surface area contributed by atoms with Gasteiger partial charge in [0.25, 0.3) is 5.91 Å². The summed E-state index contributed by atoms with van der Waals surface area (Å²) in [5.74, 6) is 0.0148. The molecule has 0 spiro atoms. The quantitative estimate of drug-likeness (QED) is 0.842. The second-order valence-corrected chi connectivity index (χ2v) is 7.30. The molecule has 0 saturated carbocycles. The number of hydrogen-bond acceptors (Lipinski definition) is 6. The van der Waals surface area contributed by atoms with Gasteiger partial charge in [-0.15, -0.1) is 11.3 Å². The molecule has 0 bridgehead atoms. The van der Waals surface area contributed by atoms with Crippen LogP contribution in [0, 0.1) is 6.92 Å². The average Bonchev–Trinajstić information content (AvgIpc) is 3.18. The molecule has 2 saturated heterocycles. The van der Waals surface area contributed by atoms with Crippen LogP contribution in [0.15, 0.2) is 0 Å². The predicted octanol–water partition coefficient (Wildman–Crippen LogP) is 1.11. The first-order valence-corrected chi connectivity index (χ1v) is 9.31. The fourth-order valence-electron chi connectivity index (χ4n) is 3.10. The molecule has 2 fully saturated rings. The van der Waals surface area contributed by atoms with Crippen LogP contribution in [-0.2, 0) is 11.3 Å². The lowest BCUT2D eigenvalue weighted by Gasteiger charge is -2.26. The van der Waals surface area contributed by atoms with Crippen molar-refractivity contribution in [3.05, 3.63) is 15.6 Å². The summed E-state index contributed by atoms with van der Waals surface area (Å²) in [4.78, 5) is 22.4. The Kier molecular flexibility index (Phi) is 5.99. The normalized spacial score (nSPS) is 20.0. The zero-order chi connectivity index (χ0) is 16.1. The number of nitrogens with zero attached hydrogens (tertiary/aromatic N) is 3. The summed E-state index contributed by atoms with van der Waals surface area (Å²) < 4.78 is 5.33. The Bertz CT molecular complexity index is 522. The van der Waals surface area contributed by atoms with Crippen molar-refractivity contribution in [2.45, 2.75) is 26.3 Å². The predicted molar refractivity (Wildman–Crippen MR) is 91.0 cm³/mol. The summed E-state index contributed by atoms with van der Waals surface area (Å²) in [6.07, 6.45) is 2.55. The summed E-state index contributed by atoms with van der Waals surface area (Å²) in [5.41, 5.74) is 0.855. The Labute approximate surface area is 141 Å². The first-order chi connectivity index (χ1) is 11.2. The van der Waals surface area contributed by atoms with Crippen molar-refractivity contribution in [1.82, 2.24) is 20.1 Å². The van der Waals surface area contributed by atoms with E-state index in [9.17, 15) is 4.79 Å². The minimum atomic E-state index is 0.0148. The molecule has 3 heterocycles. The monoisotopic (exact) mass is 338 g/mol. The number of carbonyl (C=O) groups excluding carboxylic acids is 1. The van der Waals surface area contributed by atoms with E-state index in [1.165, 1.54) is 12.8 Å².